The van der Waals surface area contributed by atoms with Crippen LogP contribution in [-0.2, 0) is 0 Å². The predicted octanol–water partition coefficient (Wildman–Crippen LogP) is 27.4. The summed E-state index contributed by atoms with van der Waals surface area (Å²) in [5.74, 6) is 10.7. The van der Waals surface area contributed by atoms with Crippen molar-refractivity contribution in [3.05, 3.63) is 0 Å². The van der Waals surface area contributed by atoms with E-state index in [2.05, 4.69) is 206 Å². The fourth-order valence-corrected chi connectivity index (χ4v) is 11.6. The van der Waals surface area contributed by atoms with Crippen molar-refractivity contribution < 1.29 is 0 Å². The van der Waals surface area contributed by atoms with E-state index >= 15 is 0 Å². The van der Waals surface area contributed by atoms with Gasteiger partial charge in [-0.3, -0.25) is 0 Å². The lowest BCUT2D eigenvalue weighted by Crippen LogP contribution is -2.10. The zero-order chi connectivity index (χ0) is 60.2. The van der Waals surface area contributed by atoms with Crippen LogP contribution in [0.1, 0.15) is 368 Å². The van der Waals surface area contributed by atoms with Gasteiger partial charge >= 0.3 is 0 Å². The first-order valence-electron chi connectivity index (χ1n) is 34.4. The van der Waals surface area contributed by atoms with Crippen molar-refractivity contribution in [1.29, 1.82) is 0 Å². The van der Waals surface area contributed by atoms with Crippen molar-refractivity contribution in [2.75, 3.05) is 23.0 Å². The lowest BCUT2D eigenvalue weighted by molar-refractivity contribution is 0.419. The van der Waals surface area contributed by atoms with E-state index in [0.717, 1.165) is 64.4 Å². The van der Waals surface area contributed by atoms with Gasteiger partial charge < -0.3 is 0 Å². The van der Waals surface area contributed by atoms with Crippen molar-refractivity contribution in [3.63, 3.8) is 0 Å². The van der Waals surface area contributed by atoms with E-state index in [1.807, 2.05) is 0 Å². The molecule has 476 valence electrons. The summed E-state index contributed by atoms with van der Waals surface area (Å²) in [6, 6.07) is 0. The van der Waals surface area contributed by atoms with Gasteiger partial charge in [-0.2, -0.15) is 88.4 Å². The Bertz CT molecular complexity index is 884. The van der Waals surface area contributed by atoms with Gasteiger partial charge in [0.2, 0.25) is 0 Å². The van der Waals surface area contributed by atoms with Gasteiger partial charge in [-0.25, -0.2) is 0 Å². The summed E-state index contributed by atoms with van der Waals surface area (Å²) in [6.07, 6.45) is 53.1. The van der Waals surface area contributed by atoms with E-state index in [1.165, 1.54) is 250 Å². The molecule has 0 aromatic carbocycles. The van der Waals surface area contributed by atoms with E-state index < -0.39 is 0 Å². The molecule has 0 aliphatic heterocycles. The second kappa shape index (κ2) is 82.7. The molecule has 0 saturated heterocycles. The fourth-order valence-electron chi connectivity index (χ4n) is 9.71. The van der Waals surface area contributed by atoms with Gasteiger partial charge in [-0.1, -0.05) is 297 Å². The second-order valence-corrected chi connectivity index (χ2v) is 28.3. The Balaban J connectivity index is -0.000000148. The Morgan fingerprint density at radius 3 is 0.974 bits per heavy atom. The normalized spacial score (nSPS) is 14.3. The van der Waals surface area contributed by atoms with E-state index in [-0.39, 0.29) is 0 Å². The first-order chi connectivity index (χ1) is 36.9. The molecule has 0 spiro atoms. The van der Waals surface area contributed by atoms with Crippen molar-refractivity contribution in [1.82, 2.24) is 0 Å². The highest BCUT2D eigenvalue weighted by molar-refractivity contribution is 7.81. The molecule has 0 aromatic heterocycles. The van der Waals surface area contributed by atoms with Crippen LogP contribution >= 0.6 is 88.4 Å². The third-order valence-electron chi connectivity index (χ3n) is 15.5. The summed E-state index contributed by atoms with van der Waals surface area (Å²) in [5, 5.41) is 1.75. The summed E-state index contributed by atoms with van der Waals surface area (Å²) in [5.41, 5.74) is 0. The number of unbranched alkanes of at least 4 members (excludes halogenated alkanes) is 9. The monoisotopic (exact) mass is 1220 g/mol. The topological polar surface area (TPSA) is 0 Å². The lowest BCUT2D eigenvalue weighted by Gasteiger charge is -2.18. The van der Waals surface area contributed by atoms with Crippen molar-refractivity contribution in [2.45, 2.75) is 384 Å². The molecule has 0 saturated carbocycles. The first-order valence-corrected chi connectivity index (χ1v) is 38.5. The molecular formula is C70H154S7. The van der Waals surface area contributed by atoms with Gasteiger partial charge in [-0.15, -0.1) is 0 Å². The van der Waals surface area contributed by atoms with Crippen LogP contribution in [0.3, 0.4) is 0 Å². The lowest BCUT2D eigenvalue weighted by atomic mass is 9.94. The minimum absolute atomic E-state index is 0.580. The van der Waals surface area contributed by atoms with Gasteiger partial charge in [0.25, 0.3) is 0 Å². The minimum atomic E-state index is 0.580. The van der Waals surface area contributed by atoms with Crippen molar-refractivity contribution in [3.8, 4) is 0 Å². The molecule has 0 heterocycles. The van der Waals surface area contributed by atoms with Crippen molar-refractivity contribution >= 4 is 88.4 Å². The average molecular weight is 1220 g/mol. The zero-order valence-corrected chi connectivity index (χ0v) is 62.6. The Labute approximate surface area is 532 Å². The maximum Gasteiger partial charge on any atom is 0.00167 e. The van der Waals surface area contributed by atoms with Crippen LogP contribution in [0.2, 0.25) is 0 Å². The van der Waals surface area contributed by atoms with E-state index in [1.54, 1.807) is 0 Å². The summed E-state index contributed by atoms with van der Waals surface area (Å²) < 4.78 is 0. The van der Waals surface area contributed by atoms with Gasteiger partial charge in [0, 0.05) is 5.25 Å². The Morgan fingerprint density at radius 1 is 0.260 bits per heavy atom. The summed E-state index contributed by atoms with van der Waals surface area (Å²) in [4.78, 5) is 0. The number of hydrogen-bond donors (Lipinski definition) is 7. The van der Waals surface area contributed by atoms with Crippen LogP contribution < -0.4 is 0 Å². The molecule has 0 aliphatic carbocycles. The van der Waals surface area contributed by atoms with Crippen LogP contribution in [0.4, 0.5) is 0 Å². The highest BCUT2D eigenvalue weighted by Crippen LogP contribution is 2.24. The zero-order valence-electron chi connectivity index (χ0n) is 56.3. The molecule has 7 heteroatoms. The van der Waals surface area contributed by atoms with Gasteiger partial charge in [-0.05, 0) is 146 Å². The van der Waals surface area contributed by atoms with E-state index in [9.17, 15) is 0 Å². The summed E-state index contributed by atoms with van der Waals surface area (Å²) >= 11 is 30.3. The smallest absolute Gasteiger partial charge is 0.00167 e. The molecule has 0 fully saturated rings. The van der Waals surface area contributed by atoms with Gasteiger partial charge in [0.1, 0.15) is 0 Å². The highest BCUT2D eigenvalue weighted by atomic mass is 32.1. The van der Waals surface area contributed by atoms with Crippen LogP contribution in [0.5, 0.6) is 0 Å². The SMILES string of the molecule is CCCCC(C)CCC(C)S.CCCCC(C)CCCCS.CCCCC(CC)CC(C)S.CCCCC(CC)CCCS.CCCCC(CCC)C(C)S.CCCCC(CCC)CCS.CCCCC(CS)CCCC. The standard InChI is InChI=1S/7C10H22S/c1-4-5-6-9(2)7-8-10(3)11;1-4-6-7-10(5-2)8-9(3)11;1-4-6-8-10(7-5-2)9(3)11;1-3-4-7-10(2)8-5-6-9-11;1-3-5-7-10(4-2)8-6-9-11;1-3-5-7-10(6-4-2)8-9-11;1-3-5-7-10(9-11)8-6-4-2/h3*9-11H,4-8H2,1-3H3;4*10-11H,3-9H2,1-2H3. The predicted molar refractivity (Wildman–Crippen MR) is 395 cm³/mol. The molecular weight excluding hydrogens is 1070 g/mol. The molecule has 9 unspecified atom stereocenters. The summed E-state index contributed by atoms with van der Waals surface area (Å²) in [6.45, 7) is 38.5. The molecule has 0 aromatic rings. The summed E-state index contributed by atoms with van der Waals surface area (Å²) in [7, 11) is 0. The van der Waals surface area contributed by atoms with E-state index in [0.29, 0.717) is 15.7 Å². The fraction of sp³-hybridized carbons (Fsp3) is 1.00. The third-order valence-corrected chi connectivity index (χ3v) is 17.8. The quantitative estimate of drug-likeness (QED) is 0.0229. The van der Waals surface area contributed by atoms with Crippen LogP contribution in [-0.4, -0.2) is 38.8 Å². The highest BCUT2D eigenvalue weighted by Gasteiger charge is 2.12. The molecule has 77 heavy (non-hydrogen) atoms. The van der Waals surface area contributed by atoms with Crippen LogP contribution in [0, 0.1) is 41.4 Å². The maximum atomic E-state index is 4.50. The Kier molecular flexibility index (Phi) is 100. The maximum absolute atomic E-state index is 4.50. The second-order valence-electron chi connectivity index (χ2n) is 24.0. The molecule has 9 atom stereocenters. The molecule has 0 bridgehead atoms. The largest absolute Gasteiger partial charge is 0.179 e. The van der Waals surface area contributed by atoms with E-state index in [4.69, 9.17) is 0 Å². The molecule has 0 N–H and O–H groups in total. The van der Waals surface area contributed by atoms with Crippen molar-refractivity contribution in [2.24, 2.45) is 41.4 Å². The van der Waals surface area contributed by atoms with Gasteiger partial charge in [0.15, 0.2) is 0 Å². The van der Waals surface area contributed by atoms with Crippen LogP contribution in [0.25, 0.3) is 0 Å². The third kappa shape index (κ3) is 89.8. The average Bonchev–Trinajstić information content (AvgIpc) is 3.42. The first kappa shape index (κ1) is 93.2. The van der Waals surface area contributed by atoms with Crippen LogP contribution in [0.15, 0.2) is 0 Å². The minimum Gasteiger partial charge on any atom is -0.179 e. The number of thiol groups is 7. The number of rotatable bonds is 46. The molecule has 0 radical (unpaired) electrons. The molecule has 0 nitrogen and oxygen atoms in total. The van der Waals surface area contributed by atoms with Gasteiger partial charge in [0.05, 0.1) is 0 Å². The Morgan fingerprint density at radius 2 is 0.623 bits per heavy atom. The molecule has 0 rings (SSSR count). The number of hydrogen-bond acceptors (Lipinski definition) is 7. The Hall–Kier alpha value is 2.45. The molecule has 0 amide bonds. The molecule has 0 aliphatic rings.